The molecule has 3 rings (SSSR count). The van der Waals surface area contributed by atoms with Gasteiger partial charge in [0.05, 0.1) is 5.56 Å². The summed E-state index contributed by atoms with van der Waals surface area (Å²) in [6.07, 6.45) is 4.76. The Morgan fingerprint density at radius 1 is 0.963 bits per heavy atom. The lowest BCUT2D eigenvalue weighted by Gasteiger charge is -2.17. The Morgan fingerprint density at radius 2 is 1.63 bits per heavy atom. The molecule has 3 aromatic carbocycles. The van der Waals surface area contributed by atoms with Gasteiger partial charge >= 0.3 is 5.97 Å². The third kappa shape index (κ3) is 5.08. The Hall–Kier alpha value is -3.33. The van der Waals surface area contributed by atoms with Crippen molar-refractivity contribution in [3.63, 3.8) is 0 Å². The average Bonchev–Trinajstić information content (AvgIpc) is 2.70. The summed E-state index contributed by atoms with van der Waals surface area (Å²) in [5, 5.41) is 8.95. The van der Waals surface area contributed by atoms with Gasteiger partial charge in [-0.05, 0) is 48.2 Å². The molecule has 3 nitrogen and oxygen atoms in total. The van der Waals surface area contributed by atoms with E-state index in [9.17, 15) is 4.79 Å². The number of hydrogen-bond donors (Lipinski definition) is 1. The average molecular weight is 358 g/mol. The number of carboxylic acids is 1. The molecule has 136 valence electrons. The number of aromatic carboxylic acids is 1. The maximum Gasteiger partial charge on any atom is 0.335 e. The van der Waals surface area contributed by atoms with Gasteiger partial charge < -0.3 is 9.84 Å². The predicted molar refractivity (Wildman–Crippen MR) is 108 cm³/mol. The SMILES string of the molecule is CC(Oc1ccccc1CC=Cc1ccc(C(=O)O)cc1)c1ccccc1. The monoisotopic (exact) mass is 358 g/mol. The van der Waals surface area contributed by atoms with Gasteiger partial charge in [-0.3, -0.25) is 0 Å². The molecule has 0 aliphatic carbocycles. The number of ether oxygens (including phenoxy) is 1. The zero-order valence-electron chi connectivity index (χ0n) is 15.2. The van der Waals surface area contributed by atoms with Gasteiger partial charge in [-0.1, -0.05) is 72.8 Å². The second-order valence-corrected chi connectivity index (χ2v) is 6.31. The van der Waals surface area contributed by atoms with E-state index in [1.165, 1.54) is 0 Å². The first kappa shape index (κ1) is 18.5. The van der Waals surface area contributed by atoms with Crippen LogP contribution in [0.25, 0.3) is 6.08 Å². The highest BCUT2D eigenvalue weighted by Gasteiger charge is 2.09. The van der Waals surface area contributed by atoms with Crippen LogP contribution in [-0.4, -0.2) is 11.1 Å². The van der Waals surface area contributed by atoms with Crippen LogP contribution in [0.1, 0.15) is 40.1 Å². The van der Waals surface area contributed by atoms with E-state index in [1.54, 1.807) is 24.3 Å². The van der Waals surface area contributed by atoms with E-state index in [2.05, 4.69) is 24.3 Å². The fourth-order valence-electron chi connectivity index (χ4n) is 2.83. The highest BCUT2D eigenvalue weighted by atomic mass is 16.5. The Balaban J connectivity index is 1.68. The van der Waals surface area contributed by atoms with Crippen LogP contribution >= 0.6 is 0 Å². The molecular formula is C24H22O3. The van der Waals surface area contributed by atoms with E-state index in [1.807, 2.05) is 49.4 Å². The number of carbonyl (C=O) groups is 1. The van der Waals surface area contributed by atoms with Crippen LogP contribution in [0.15, 0.2) is 84.9 Å². The molecule has 0 spiro atoms. The lowest BCUT2D eigenvalue weighted by molar-refractivity contribution is 0.0697. The van der Waals surface area contributed by atoms with Gasteiger partial charge in [-0.25, -0.2) is 4.79 Å². The van der Waals surface area contributed by atoms with Crippen LogP contribution in [0.3, 0.4) is 0 Å². The lowest BCUT2D eigenvalue weighted by Crippen LogP contribution is -2.04. The van der Waals surface area contributed by atoms with Crippen molar-refractivity contribution in [2.45, 2.75) is 19.4 Å². The molecule has 0 saturated heterocycles. The van der Waals surface area contributed by atoms with Gasteiger partial charge in [0.15, 0.2) is 0 Å². The van der Waals surface area contributed by atoms with Crippen LogP contribution in [-0.2, 0) is 6.42 Å². The minimum atomic E-state index is -0.913. The fraction of sp³-hybridized carbons (Fsp3) is 0.125. The molecule has 1 N–H and O–H groups in total. The van der Waals surface area contributed by atoms with Gasteiger partial charge in [0.25, 0.3) is 0 Å². The van der Waals surface area contributed by atoms with Crippen molar-refractivity contribution >= 4 is 12.0 Å². The van der Waals surface area contributed by atoms with Gasteiger partial charge in [0.1, 0.15) is 11.9 Å². The Labute approximate surface area is 159 Å². The Bertz CT molecular complexity index is 912. The number of benzene rings is 3. The van der Waals surface area contributed by atoms with E-state index in [0.29, 0.717) is 5.56 Å². The largest absolute Gasteiger partial charge is 0.486 e. The van der Waals surface area contributed by atoms with Crippen LogP contribution < -0.4 is 4.74 Å². The van der Waals surface area contributed by atoms with Crippen molar-refractivity contribution in [1.82, 2.24) is 0 Å². The molecule has 3 heteroatoms. The van der Waals surface area contributed by atoms with E-state index in [4.69, 9.17) is 9.84 Å². The second-order valence-electron chi connectivity index (χ2n) is 6.31. The van der Waals surface area contributed by atoms with Gasteiger partial charge in [-0.2, -0.15) is 0 Å². The molecular weight excluding hydrogens is 336 g/mol. The molecule has 0 heterocycles. The number of hydrogen-bond acceptors (Lipinski definition) is 2. The first-order chi connectivity index (χ1) is 13.1. The van der Waals surface area contributed by atoms with Gasteiger partial charge in [0.2, 0.25) is 0 Å². The van der Waals surface area contributed by atoms with Crippen LogP contribution in [0.2, 0.25) is 0 Å². The second kappa shape index (κ2) is 8.86. The zero-order valence-corrected chi connectivity index (χ0v) is 15.2. The highest BCUT2D eigenvalue weighted by Crippen LogP contribution is 2.26. The Kier molecular flexibility index (Phi) is 6.06. The predicted octanol–water partition coefficient (Wildman–Crippen LogP) is 5.78. The van der Waals surface area contributed by atoms with E-state index in [-0.39, 0.29) is 6.10 Å². The first-order valence-electron chi connectivity index (χ1n) is 8.93. The minimum Gasteiger partial charge on any atom is -0.486 e. The molecule has 27 heavy (non-hydrogen) atoms. The fourth-order valence-corrected chi connectivity index (χ4v) is 2.83. The van der Waals surface area contributed by atoms with Crippen LogP contribution in [0.4, 0.5) is 0 Å². The molecule has 0 aromatic heterocycles. The molecule has 0 saturated carbocycles. The number of para-hydroxylation sites is 1. The molecule has 0 aliphatic heterocycles. The van der Waals surface area contributed by atoms with E-state index in [0.717, 1.165) is 28.9 Å². The smallest absolute Gasteiger partial charge is 0.335 e. The summed E-state index contributed by atoms with van der Waals surface area (Å²) in [7, 11) is 0. The van der Waals surface area contributed by atoms with Crippen molar-refractivity contribution in [3.05, 3.63) is 107 Å². The normalized spacial score (nSPS) is 12.0. The summed E-state index contributed by atoms with van der Waals surface area (Å²) in [6.45, 7) is 2.05. The molecule has 1 unspecified atom stereocenters. The molecule has 0 amide bonds. The van der Waals surface area contributed by atoms with Crippen molar-refractivity contribution in [1.29, 1.82) is 0 Å². The van der Waals surface area contributed by atoms with Gasteiger partial charge in [0, 0.05) is 0 Å². The summed E-state index contributed by atoms with van der Waals surface area (Å²) in [5.41, 5.74) is 3.51. The third-order valence-electron chi connectivity index (χ3n) is 4.35. The van der Waals surface area contributed by atoms with Crippen molar-refractivity contribution < 1.29 is 14.6 Å². The standard InChI is InChI=1S/C24H22O3/c1-18(20-9-3-2-4-10-20)27-23-13-6-5-11-21(23)12-7-8-19-14-16-22(17-15-19)24(25)26/h2-11,13-18H,12H2,1H3,(H,25,26). The quantitative estimate of drug-likeness (QED) is 0.582. The van der Waals surface area contributed by atoms with Crippen LogP contribution in [0, 0.1) is 0 Å². The van der Waals surface area contributed by atoms with Crippen molar-refractivity contribution in [3.8, 4) is 5.75 Å². The minimum absolute atomic E-state index is 0.0279. The summed E-state index contributed by atoms with van der Waals surface area (Å²) in [5.74, 6) is -0.0381. The molecule has 3 aromatic rings. The zero-order chi connectivity index (χ0) is 19.1. The first-order valence-corrected chi connectivity index (χ1v) is 8.93. The third-order valence-corrected chi connectivity index (χ3v) is 4.35. The Morgan fingerprint density at radius 3 is 2.33 bits per heavy atom. The molecule has 1 atom stereocenters. The van der Waals surface area contributed by atoms with Crippen LogP contribution in [0.5, 0.6) is 5.75 Å². The van der Waals surface area contributed by atoms with E-state index >= 15 is 0 Å². The molecule has 0 aliphatic rings. The molecule has 0 bridgehead atoms. The maximum atomic E-state index is 10.9. The highest BCUT2D eigenvalue weighted by molar-refractivity contribution is 5.87. The summed E-state index contributed by atoms with van der Waals surface area (Å²) < 4.78 is 6.18. The lowest BCUT2D eigenvalue weighted by atomic mass is 10.1. The summed E-state index contributed by atoms with van der Waals surface area (Å²) in [4.78, 5) is 10.9. The summed E-state index contributed by atoms with van der Waals surface area (Å²) in [6, 6.07) is 25.0. The number of allylic oxidation sites excluding steroid dienone is 1. The van der Waals surface area contributed by atoms with E-state index < -0.39 is 5.97 Å². The number of carboxylic acid groups (broad SMARTS) is 1. The van der Waals surface area contributed by atoms with Gasteiger partial charge in [-0.15, -0.1) is 0 Å². The maximum absolute atomic E-state index is 10.9. The number of rotatable bonds is 7. The summed E-state index contributed by atoms with van der Waals surface area (Å²) >= 11 is 0. The topological polar surface area (TPSA) is 46.5 Å². The van der Waals surface area contributed by atoms with Crippen molar-refractivity contribution in [2.75, 3.05) is 0 Å². The molecule has 0 fully saturated rings. The van der Waals surface area contributed by atoms with Crippen molar-refractivity contribution in [2.24, 2.45) is 0 Å². The molecule has 0 radical (unpaired) electrons.